The molecule has 8 heteroatoms. The van der Waals surface area contributed by atoms with Crippen molar-refractivity contribution in [1.82, 2.24) is 9.97 Å². The SMILES string of the molecule is O=C(Nc1ncc(F)s1)C(=CC1CCCC1)c1ccc([S+]([O-])C2CC2)nc1. The zero-order valence-electron chi connectivity index (χ0n) is 14.7. The first-order valence-corrected chi connectivity index (χ1v) is 11.1. The van der Waals surface area contributed by atoms with Gasteiger partial charge in [-0.3, -0.25) is 10.1 Å². The normalized spacial score (nSPS) is 19.3. The van der Waals surface area contributed by atoms with Crippen LogP contribution in [0.2, 0.25) is 0 Å². The lowest BCUT2D eigenvalue weighted by molar-refractivity contribution is -0.111. The number of hydrogen-bond acceptors (Lipinski definition) is 5. The van der Waals surface area contributed by atoms with Gasteiger partial charge in [-0.15, -0.1) is 0 Å². The van der Waals surface area contributed by atoms with Crippen LogP contribution in [0.5, 0.6) is 0 Å². The Balaban J connectivity index is 1.57. The van der Waals surface area contributed by atoms with Crippen LogP contribution in [0.4, 0.5) is 9.52 Å². The molecule has 5 nitrogen and oxygen atoms in total. The number of nitrogens with one attached hydrogen (secondary N) is 1. The summed E-state index contributed by atoms with van der Waals surface area (Å²) in [6.07, 6.45) is 11.1. The molecule has 1 unspecified atom stereocenters. The molecule has 2 aromatic heterocycles. The van der Waals surface area contributed by atoms with Crippen LogP contribution in [0.1, 0.15) is 44.1 Å². The Bertz CT molecular complexity index is 843. The molecule has 2 fully saturated rings. The van der Waals surface area contributed by atoms with Gasteiger partial charge in [-0.25, -0.2) is 9.97 Å². The molecule has 1 atom stereocenters. The van der Waals surface area contributed by atoms with Crippen LogP contribution in [0, 0.1) is 11.0 Å². The van der Waals surface area contributed by atoms with Crippen LogP contribution in [0.25, 0.3) is 5.57 Å². The Kier molecular flexibility index (Phi) is 5.56. The summed E-state index contributed by atoms with van der Waals surface area (Å²) in [4.78, 5) is 21.0. The van der Waals surface area contributed by atoms with Crippen molar-refractivity contribution in [2.24, 2.45) is 5.92 Å². The average molecular weight is 406 g/mol. The molecule has 2 aromatic rings. The predicted molar refractivity (Wildman–Crippen MR) is 104 cm³/mol. The van der Waals surface area contributed by atoms with E-state index in [-0.39, 0.29) is 16.3 Å². The molecule has 2 heterocycles. The Labute approximate surface area is 164 Å². The maximum atomic E-state index is 13.2. The third-order valence-corrected chi connectivity index (χ3v) is 7.26. The molecule has 1 N–H and O–H groups in total. The van der Waals surface area contributed by atoms with Crippen molar-refractivity contribution in [3.63, 3.8) is 0 Å². The fourth-order valence-electron chi connectivity index (χ4n) is 3.25. The number of nitrogens with zero attached hydrogens (tertiary/aromatic N) is 2. The zero-order chi connectivity index (χ0) is 18.8. The summed E-state index contributed by atoms with van der Waals surface area (Å²) in [5.74, 6) is 0.0215. The second-order valence-corrected chi connectivity index (χ2v) is 9.59. The van der Waals surface area contributed by atoms with Crippen molar-refractivity contribution in [3.05, 3.63) is 41.3 Å². The van der Waals surface area contributed by atoms with E-state index in [9.17, 15) is 13.7 Å². The van der Waals surface area contributed by atoms with Crippen LogP contribution < -0.4 is 5.32 Å². The number of pyridine rings is 1. The number of thiazole rings is 1. The van der Waals surface area contributed by atoms with Crippen molar-refractivity contribution >= 4 is 39.1 Å². The van der Waals surface area contributed by atoms with E-state index in [1.165, 1.54) is 0 Å². The minimum atomic E-state index is -1.07. The fourth-order valence-corrected chi connectivity index (χ4v) is 5.05. The number of rotatable bonds is 6. The standard InChI is InChI=1S/C19H20FN3O2S2/c20-16-11-22-19(26-16)23-18(24)15(9-12-3-1-2-4-12)13-5-8-17(21-10-13)27(25)14-6-7-14/h5,8-12,14H,1-4,6-7H2,(H,22,23,24). The molecule has 0 radical (unpaired) electrons. The van der Waals surface area contributed by atoms with Crippen molar-refractivity contribution in [2.45, 2.75) is 48.8 Å². The summed E-state index contributed by atoms with van der Waals surface area (Å²) in [6.45, 7) is 0. The van der Waals surface area contributed by atoms with Gasteiger partial charge in [0.1, 0.15) is 5.25 Å². The molecule has 0 aromatic carbocycles. The molecule has 0 aliphatic heterocycles. The summed E-state index contributed by atoms with van der Waals surface area (Å²) in [5, 5.41) is 3.24. The topological polar surface area (TPSA) is 77.9 Å². The third-order valence-electron chi connectivity index (χ3n) is 4.83. The van der Waals surface area contributed by atoms with E-state index in [4.69, 9.17) is 0 Å². The van der Waals surface area contributed by atoms with Crippen molar-refractivity contribution < 1.29 is 13.7 Å². The molecule has 1 amide bonds. The third kappa shape index (κ3) is 4.56. The van der Waals surface area contributed by atoms with E-state index < -0.39 is 16.3 Å². The molecule has 142 valence electrons. The number of anilines is 1. The van der Waals surface area contributed by atoms with Gasteiger partial charge in [-0.05, 0) is 24.8 Å². The number of amides is 1. The fraction of sp³-hybridized carbons (Fsp3) is 0.421. The number of allylic oxidation sites excluding steroid dienone is 1. The van der Waals surface area contributed by atoms with Gasteiger partial charge in [-0.2, -0.15) is 4.39 Å². The van der Waals surface area contributed by atoms with Gasteiger partial charge in [0.15, 0.2) is 10.3 Å². The van der Waals surface area contributed by atoms with Gasteiger partial charge >= 0.3 is 0 Å². The van der Waals surface area contributed by atoms with Crippen LogP contribution >= 0.6 is 11.3 Å². The molecular formula is C19H20FN3O2S2. The zero-order valence-corrected chi connectivity index (χ0v) is 16.3. The first-order valence-electron chi connectivity index (χ1n) is 9.11. The summed E-state index contributed by atoms with van der Waals surface area (Å²) < 4.78 is 25.4. The molecule has 4 rings (SSSR count). The first-order chi connectivity index (χ1) is 13.1. The number of hydrogen-bond donors (Lipinski definition) is 1. The maximum Gasteiger partial charge on any atom is 0.257 e. The van der Waals surface area contributed by atoms with Gasteiger partial charge in [0.2, 0.25) is 5.03 Å². The lowest BCUT2D eigenvalue weighted by Gasteiger charge is -2.12. The number of aromatic nitrogens is 2. The summed E-state index contributed by atoms with van der Waals surface area (Å²) >= 11 is -0.275. The van der Waals surface area contributed by atoms with E-state index in [1.807, 2.05) is 6.08 Å². The minimum Gasteiger partial charge on any atom is -0.610 e. The van der Waals surface area contributed by atoms with E-state index >= 15 is 0 Å². The predicted octanol–water partition coefficient (Wildman–Crippen LogP) is 4.16. The highest BCUT2D eigenvalue weighted by Gasteiger charge is 2.36. The highest BCUT2D eigenvalue weighted by molar-refractivity contribution is 7.92. The molecule has 2 aliphatic carbocycles. The highest BCUT2D eigenvalue weighted by Crippen LogP contribution is 2.33. The van der Waals surface area contributed by atoms with Gasteiger partial charge in [-0.1, -0.05) is 30.3 Å². The Hall–Kier alpha value is -1.77. The van der Waals surface area contributed by atoms with E-state index in [1.54, 1.807) is 18.3 Å². The smallest absolute Gasteiger partial charge is 0.257 e. The Morgan fingerprint density at radius 1 is 1.22 bits per heavy atom. The van der Waals surface area contributed by atoms with Crippen LogP contribution in [0.15, 0.2) is 35.6 Å². The molecule has 2 saturated carbocycles. The van der Waals surface area contributed by atoms with Crippen LogP contribution in [-0.4, -0.2) is 25.7 Å². The van der Waals surface area contributed by atoms with E-state index in [2.05, 4.69) is 15.3 Å². The van der Waals surface area contributed by atoms with Crippen molar-refractivity contribution in [1.29, 1.82) is 0 Å². The number of carbonyl (C=O) groups is 1. The van der Waals surface area contributed by atoms with Crippen molar-refractivity contribution in [3.8, 4) is 0 Å². The first kappa shape index (κ1) is 18.6. The van der Waals surface area contributed by atoms with Gasteiger partial charge in [0.25, 0.3) is 5.91 Å². The molecule has 2 aliphatic rings. The summed E-state index contributed by atoms with van der Waals surface area (Å²) in [7, 11) is 0. The quantitative estimate of drug-likeness (QED) is 0.578. The van der Waals surface area contributed by atoms with Crippen molar-refractivity contribution in [2.75, 3.05) is 5.32 Å². The summed E-state index contributed by atoms with van der Waals surface area (Å²) in [6, 6.07) is 3.54. The van der Waals surface area contributed by atoms with Crippen LogP contribution in [0.3, 0.4) is 0 Å². The molecule has 27 heavy (non-hydrogen) atoms. The Morgan fingerprint density at radius 3 is 2.59 bits per heavy atom. The number of carbonyl (C=O) groups excluding carboxylic acids is 1. The Morgan fingerprint density at radius 2 is 2.00 bits per heavy atom. The highest BCUT2D eigenvalue weighted by atomic mass is 32.2. The summed E-state index contributed by atoms with van der Waals surface area (Å²) in [5.41, 5.74) is 1.18. The minimum absolute atomic E-state index is 0.222. The lowest BCUT2D eigenvalue weighted by Crippen LogP contribution is -2.15. The van der Waals surface area contributed by atoms with Crippen LogP contribution in [-0.2, 0) is 16.0 Å². The molecular weight excluding hydrogens is 385 g/mol. The molecule has 0 saturated heterocycles. The van der Waals surface area contributed by atoms with E-state index in [0.717, 1.165) is 56.1 Å². The molecule has 0 bridgehead atoms. The van der Waals surface area contributed by atoms with Gasteiger partial charge < -0.3 is 4.55 Å². The monoisotopic (exact) mass is 405 g/mol. The average Bonchev–Trinajstić information content (AvgIpc) is 3.24. The molecule has 0 spiro atoms. The second-order valence-electron chi connectivity index (χ2n) is 6.93. The number of halogens is 1. The maximum absolute atomic E-state index is 13.2. The van der Waals surface area contributed by atoms with Gasteiger partial charge in [0.05, 0.1) is 6.20 Å². The van der Waals surface area contributed by atoms with Gasteiger partial charge in [0, 0.05) is 47.4 Å². The largest absolute Gasteiger partial charge is 0.610 e. The van der Waals surface area contributed by atoms with E-state index in [0.29, 0.717) is 22.1 Å². The second kappa shape index (κ2) is 8.08. The lowest BCUT2D eigenvalue weighted by atomic mass is 9.99.